The summed E-state index contributed by atoms with van der Waals surface area (Å²) in [6.45, 7) is 6.58. The van der Waals surface area contributed by atoms with Crippen LogP contribution >= 0.6 is 0 Å². The molecule has 2 aliphatic heterocycles. The molecule has 0 radical (unpaired) electrons. The Bertz CT molecular complexity index is 1130. The molecule has 174 valence electrons. The summed E-state index contributed by atoms with van der Waals surface area (Å²) in [4.78, 5) is 19.6. The molecule has 1 unspecified atom stereocenters. The minimum absolute atomic E-state index is 0.112. The van der Waals surface area contributed by atoms with Crippen molar-refractivity contribution >= 4 is 22.8 Å². The van der Waals surface area contributed by atoms with Gasteiger partial charge in [-0.15, -0.1) is 0 Å². The van der Waals surface area contributed by atoms with Gasteiger partial charge in [0.05, 0.1) is 23.8 Å². The first kappa shape index (κ1) is 22.0. The first-order valence-electron chi connectivity index (χ1n) is 12.2. The maximum Gasteiger partial charge on any atom is 0.414 e. The Morgan fingerprint density at radius 3 is 2.76 bits per heavy atom. The van der Waals surface area contributed by atoms with Gasteiger partial charge in [0.25, 0.3) is 0 Å². The number of hydrogen-bond acceptors (Lipinski definition) is 4. The first-order valence-corrected chi connectivity index (χ1v) is 12.2. The highest BCUT2D eigenvalue weighted by molar-refractivity contribution is 5.95. The first-order chi connectivity index (χ1) is 16.1. The summed E-state index contributed by atoms with van der Waals surface area (Å²) in [6, 6.07) is 15.3. The Labute approximate surface area is 195 Å². The van der Waals surface area contributed by atoms with E-state index < -0.39 is 0 Å². The van der Waals surface area contributed by atoms with E-state index in [-0.39, 0.29) is 12.1 Å². The molecular formula is C27H34N4O2. The number of fused-ring (bicyclic) bond motifs is 3. The predicted octanol–water partition coefficient (Wildman–Crippen LogP) is 5.10. The normalized spacial score (nSPS) is 21.6. The number of carbonyl (C=O) groups is 1. The van der Waals surface area contributed by atoms with E-state index in [1.807, 2.05) is 0 Å². The molecular weight excluding hydrogens is 412 g/mol. The number of nitrogens with zero attached hydrogens (tertiary/aromatic N) is 3. The minimum Gasteiger partial charge on any atom is -0.452 e. The Morgan fingerprint density at radius 2 is 2.03 bits per heavy atom. The maximum absolute atomic E-state index is 12.6. The van der Waals surface area contributed by atoms with E-state index in [1.165, 1.54) is 31.0 Å². The molecule has 6 heteroatoms. The third-order valence-electron chi connectivity index (χ3n) is 7.53. The Morgan fingerprint density at radius 1 is 1.21 bits per heavy atom. The summed E-state index contributed by atoms with van der Waals surface area (Å²) in [5.41, 5.74) is 5.59. The molecule has 1 amide bonds. The SMILES string of the molecule is COC(=O)N1c2ccc3c(nc(Cc4ccccc4)n3[C@@H](C)C3CCCNC3)c2CC[C@@H]1C. The molecule has 1 fully saturated rings. The van der Waals surface area contributed by atoms with Gasteiger partial charge < -0.3 is 14.6 Å². The number of aromatic nitrogens is 2. The summed E-state index contributed by atoms with van der Waals surface area (Å²) in [6.07, 6.45) is 4.78. The fourth-order valence-corrected chi connectivity index (χ4v) is 5.68. The molecule has 0 saturated carbocycles. The van der Waals surface area contributed by atoms with Crippen molar-refractivity contribution in [3.8, 4) is 0 Å². The smallest absolute Gasteiger partial charge is 0.414 e. The number of nitrogens with one attached hydrogen (secondary N) is 1. The lowest BCUT2D eigenvalue weighted by Crippen LogP contribution is -2.42. The average Bonchev–Trinajstić information content (AvgIpc) is 3.22. The Kier molecular flexibility index (Phi) is 6.11. The molecule has 3 aromatic rings. The highest BCUT2D eigenvalue weighted by atomic mass is 16.5. The topological polar surface area (TPSA) is 59.4 Å². The van der Waals surface area contributed by atoms with Crippen molar-refractivity contribution in [2.45, 2.75) is 58.0 Å². The van der Waals surface area contributed by atoms with Crippen LogP contribution in [0.2, 0.25) is 0 Å². The molecule has 0 aliphatic carbocycles. The standard InChI is InChI=1S/C27H34N4O2/c1-18-11-12-22-23(30(18)27(32)33-3)13-14-24-26(22)29-25(16-20-8-5-4-6-9-20)31(24)19(2)21-10-7-15-28-17-21/h4-6,8-9,13-14,18-19,21,28H,7,10-12,15-17H2,1-3H3/t18-,19-,21?/m0/s1. The fraction of sp³-hybridized carbons (Fsp3) is 0.481. The summed E-state index contributed by atoms with van der Waals surface area (Å²) < 4.78 is 7.58. The Balaban J connectivity index is 1.65. The van der Waals surface area contributed by atoms with Crippen LogP contribution < -0.4 is 10.2 Å². The van der Waals surface area contributed by atoms with E-state index in [2.05, 4.69) is 66.2 Å². The van der Waals surface area contributed by atoms with Crippen LogP contribution in [0.4, 0.5) is 10.5 Å². The molecule has 1 N–H and O–H groups in total. The lowest BCUT2D eigenvalue weighted by molar-refractivity contribution is 0.175. The number of piperidine rings is 1. The third kappa shape index (κ3) is 4.01. The van der Waals surface area contributed by atoms with Crippen molar-refractivity contribution in [2.75, 3.05) is 25.1 Å². The minimum atomic E-state index is -0.298. The lowest BCUT2D eigenvalue weighted by Gasteiger charge is -2.34. The fourth-order valence-electron chi connectivity index (χ4n) is 5.68. The number of methoxy groups -OCH3 is 1. The van der Waals surface area contributed by atoms with Gasteiger partial charge in [-0.25, -0.2) is 9.78 Å². The second-order valence-corrected chi connectivity index (χ2v) is 9.57. The highest BCUT2D eigenvalue weighted by Crippen LogP contribution is 2.39. The zero-order valence-electron chi connectivity index (χ0n) is 19.9. The van der Waals surface area contributed by atoms with Gasteiger partial charge in [0.2, 0.25) is 0 Å². The third-order valence-corrected chi connectivity index (χ3v) is 7.53. The van der Waals surface area contributed by atoms with Crippen molar-refractivity contribution in [3.63, 3.8) is 0 Å². The monoisotopic (exact) mass is 446 g/mol. The molecule has 5 rings (SSSR count). The molecule has 3 atom stereocenters. The number of rotatable bonds is 4. The summed E-state index contributed by atoms with van der Waals surface area (Å²) in [5, 5.41) is 3.58. The van der Waals surface area contributed by atoms with Crippen molar-refractivity contribution in [1.82, 2.24) is 14.9 Å². The molecule has 0 bridgehead atoms. The number of carbonyl (C=O) groups excluding carboxylic acids is 1. The van der Waals surface area contributed by atoms with Gasteiger partial charge in [-0.05, 0) is 76.2 Å². The van der Waals surface area contributed by atoms with Gasteiger partial charge in [0.1, 0.15) is 5.82 Å². The van der Waals surface area contributed by atoms with Gasteiger partial charge >= 0.3 is 6.09 Å². The van der Waals surface area contributed by atoms with Crippen LogP contribution in [0.15, 0.2) is 42.5 Å². The van der Waals surface area contributed by atoms with Crippen LogP contribution in [-0.4, -0.2) is 41.9 Å². The van der Waals surface area contributed by atoms with Crippen LogP contribution in [0.5, 0.6) is 0 Å². The van der Waals surface area contributed by atoms with Gasteiger partial charge in [-0.1, -0.05) is 30.3 Å². The van der Waals surface area contributed by atoms with E-state index >= 15 is 0 Å². The molecule has 2 aromatic carbocycles. The number of aryl methyl sites for hydroxylation is 1. The molecule has 3 heterocycles. The van der Waals surface area contributed by atoms with Crippen LogP contribution in [0.25, 0.3) is 11.0 Å². The van der Waals surface area contributed by atoms with Crippen molar-refractivity contribution in [1.29, 1.82) is 0 Å². The predicted molar refractivity (Wildman–Crippen MR) is 132 cm³/mol. The van der Waals surface area contributed by atoms with Gasteiger partial charge in [-0.2, -0.15) is 0 Å². The van der Waals surface area contributed by atoms with Crippen molar-refractivity contribution in [2.24, 2.45) is 5.92 Å². The van der Waals surface area contributed by atoms with Crippen molar-refractivity contribution < 1.29 is 9.53 Å². The van der Waals surface area contributed by atoms with Crippen LogP contribution in [-0.2, 0) is 17.6 Å². The lowest BCUT2D eigenvalue weighted by atomic mass is 9.92. The van der Waals surface area contributed by atoms with E-state index in [0.717, 1.165) is 54.9 Å². The number of amides is 1. The zero-order chi connectivity index (χ0) is 22.9. The maximum atomic E-state index is 12.6. The van der Waals surface area contributed by atoms with E-state index in [1.54, 1.807) is 4.90 Å². The molecule has 0 spiro atoms. The van der Waals surface area contributed by atoms with Crippen molar-refractivity contribution in [3.05, 3.63) is 59.4 Å². The molecule has 33 heavy (non-hydrogen) atoms. The highest BCUT2D eigenvalue weighted by Gasteiger charge is 2.32. The number of imidazole rings is 1. The Hall–Kier alpha value is -2.86. The molecule has 6 nitrogen and oxygen atoms in total. The quantitative estimate of drug-likeness (QED) is 0.606. The molecule has 1 aromatic heterocycles. The summed E-state index contributed by atoms with van der Waals surface area (Å²) >= 11 is 0. The second kappa shape index (κ2) is 9.18. The number of benzene rings is 2. The van der Waals surface area contributed by atoms with Gasteiger partial charge in [0, 0.05) is 24.1 Å². The number of hydrogen-bond donors (Lipinski definition) is 1. The summed E-state index contributed by atoms with van der Waals surface area (Å²) in [5.74, 6) is 1.68. The van der Waals surface area contributed by atoms with Gasteiger partial charge in [0.15, 0.2) is 0 Å². The summed E-state index contributed by atoms with van der Waals surface area (Å²) in [7, 11) is 1.45. The largest absolute Gasteiger partial charge is 0.452 e. The second-order valence-electron chi connectivity index (χ2n) is 9.57. The van der Waals surface area contributed by atoms with Gasteiger partial charge in [-0.3, -0.25) is 4.90 Å². The van der Waals surface area contributed by atoms with Crippen LogP contribution in [0.1, 0.15) is 56.1 Å². The number of anilines is 1. The van der Waals surface area contributed by atoms with Crippen LogP contribution in [0.3, 0.4) is 0 Å². The number of ether oxygens (including phenoxy) is 1. The molecule has 1 saturated heterocycles. The molecule has 2 aliphatic rings. The zero-order valence-corrected chi connectivity index (χ0v) is 19.9. The average molecular weight is 447 g/mol. The van der Waals surface area contributed by atoms with E-state index in [0.29, 0.717) is 12.0 Å². The van der Waals surface area contributed by atoms with E-state index in [9.17, 15) is 4.79 Å². The van der Waals surface area contributed by atoms with Crippen LogP contribution in [0, 0.1) is 5.92 Å². The van der Waals surface area contributed by atoms with E-state index in [4.69, 9.17) is 9.72 Å².